The minimum atomic E-state index is -3.76. The first-order valence-corrected chi connectivity index (χ1v) is 13.5. The number of hydrogen-bond acceptors (Lipinski definition) is 7. The fraction of sp³-hybridized carbons (Fsp3) is 0.333. The minimum Gasteiger partial charge on any atom is -0.378 e. The lowest BCUT2D eigenvalue weighted by atomic mass is 10.1. The van der Waals surface area contributed by atoms with Crippen LogP contribution in [0.3, 0.4) is 0 Å². The number of carbonyl (C=O) groups excluding carboxylic acids is 1. The summed E-state index contributed by atoms with van der Waals surface area (Å²) in [5, 5.41) is 2.98. The van der Waals surface area contributed by atoms with Gasteiger partial charge in [0.2, 0.25) is 5.91 Å². The topological polar surface area (TPSA) is 91.8 Å². The number of anilines is 3. The Morgan fingerprint density at radius 2 is 1.88 bits per heavy atom. The van der Waals surface area contributed by atoms with Crippen molar-refractivity contribution < 1.29 is 17.9 Å². The molecule has 178 valence electrons. The number of sulfonamides is 1. The molecule has 0 saturated carbocycles. The summed E-state index contributed by atoms with van der Waals surface area (Å²) < 4.78 is 34.1. The molecule has 1 atom stereocenters. The van der Waals surface area contributed by atoms with Crippen LogP contribution in [0.4, 0.5) is 16.5 Å². The van der Waals surface area contributed by atoms with Crippen LogP contribution in [0.25, 0.3) is 11.3 Å². The maximum atomic E-state index is 13.0. The van der Waals surface area contributed by atoms with Crippen LogP contribution in [0.2, 0.25) is 0 Å². The number of aromatic nitrogens is 1. The molecular weight excluding hydrogens is 472 g/mol. The minimum absolute atomic E-state index is 0.0143. The molecule has 5 rings (SSSR count). The van der Waals surface area contributed by atoms with E-state index >= 15 is 0 Å². The molecule has 0 radical (unpaired) electrons. The van der Waals surface area contributed by atoms with Crippen molar-refractivity contribution in [2.75, 3.05) is 40.8 Å². The Bertz CT molecular complexity index is 1310. The highest BCUT2D eigenvalue weighted by molar-refractivity contribution is 7.92. The van der Waals surface area contributed by atoms with Crippen LogP contribution in [0.1, 0.15) is 19.4 Å². The molecule has 1 unspecified atom stereocenters. The molecule has 0 aliphatic carbocycles. The van der Waals surface area contributed by atoms with E-state index in [0.717, 1.165) is 40.7 Å². The summed E-state index contributed by atoms with van der Waals surface area (Å²) in [6, 6.07) is 12.2. The van der Waals surface area contributed by atoms with Gasteiger partial charge in [0.1, 0.15) is 0 Å². The van der Waals surface area contributed by atoms with Crippen molar-refractivity contribution >= 4 is 43.8 Å². The van der Waals surface area contributed by atoms with Crippen LogP contribution >= 0.6 is 11.3 Å². The van der Waals surface area contributed by atoms with Gasteiger partial charge in [-0.05, 0) is 49.2 Å². The highest BCUT2D eigenvalue weighted by atomic mass is 32.2. The SMILES string of the molecule is CC(=O)N1c2ccc(S(=O)(=O)Nc3ccc(-c4csc(N5CCOCC5)n4)cc3)cc2CC1C. The second-order valence-electron chi connectivity index (χ2n) is 8.53. The number of carbonyl (C=O) groups is 1. The second-order valence-corrected chi connectivity index (χ2v) is 11.0. The van der Waals surface area contributed by atoms with E-state index in [1.165, 1.54) is 6.92 Å². The number of amides is 1. The summed E-state index contributed by atoms with van der Waals surface area (Å²) in [6.45, 7) is 6.58. The fourth-order valence-corrected chi connectivity index (χ4v) is 6.47. The van der Waals surface area contributed by atoms with Gasteiger partial charge in [-0.1, -0.05) is 12.1 Å². The lowest BCUT2D eigenvalue weighted by Crippen LogP contribution is -2.36. The Hall–Kier alpha value is -2.95. The maximum absolute atomic E-state index is 13.0. The van der Waals surface area contributed by atoms with Crippen LogP contribution in [-0.4, -0.2) is 51.7 Å². The van der Waals surface area contributed by atoms with E-state index in [1.807, 2.05) is 24.4 Å². The molecule has 1 fully saturated rings. The third-order valence-corrected chi connectivity index (χ3v) is 8.40. The molecule has 0 bridgehead atoms. The van der Waals surface area contributed by atoms with E-state index in [0.29, 0.717) is 25.3 Å². The largest absolute Gasteiger partial charge is 0.378 e. The number of thiazole rings is 1. The number of fused-ring (bicyclic) bond motifs is 1. The van der Waals surface area contributed by atoms with Gasteiger partial charge in [0.05, 0.1) is 23.8 Å². The van der Waals surface area contributed by atoms with Crippen molar-refractivity contribution in [3.8, 4) is 11.3 Å². The molecule has 2 aliphatic heterocycles. The maximum Gasteiger partial charge on any atom is 0.261 e. The number of rotatable bonds is 5. The summed E-state index contributed by atoms with van der Waals surface area (Å²) >= 11 is 1.60. The van der Waals surface area contributed by atoms with Gasteiger partial charge in [0, 0.05) is 48.4 Å². The fourth-order valence-electron chi connectivity index (χ4n) is 4.47. The predicted molar refractivity (Wildman–Crippen MR) is 134 cm³/mol. The van der Waals surface area contributed by atoms with Crippen LogP contribution in [-0.2, 0) is 26.0 Å². The van der Waals surface area contributed by atoms with Gasteiger partial charge >= 0.3 is 0 Å². The van der Waals surface area contributed by atoms with Crippen LogP contribution in [0.5, 0.6) is 0 Å². The molecule has 3 heterocycles. The van der Waals surface area contributed by atoms with Crippen LogP contribution in [0, 0.1) is 0 Å². The summed E-state index contributed by atoms with van der Waals surface area (Å²) in [6.07, 6.45) is 0.632. The Morgan fingerprint density at radius 3 is 2.59 bits per heavy atom. The van der Waals surface area contributed by atoms with Gasteiger partial charge in [-0.2, -0.15) is 0 Å². The number of hydrogen-bond donors (Lipinski definition) is 1. The summed E-state index contributed by atoms with van der Waals surface area (Å²) in [4.78, 5) is 20.8. The summed E-state index contributed by atoms with van der Waals surface area (Å²) in [5.74, 6) is -0.0442. The normalized spacial score (nSPS) is 18.1. The predicted octanol–water partition coefficient (Wildman–Crippen LogP) is 3.75. The Balaban J connectivity index is 1.31. The van der Waals surface area contributed by atoms with E-state index in [1.54, 1.807) is 46.6 Å². The quantitative estimate of drug-likeness (QED) is 0.576. The first-order chi connectivity index (χ1) is 16.3. The van der Waals surface area contributed by atoms with Crippen molar-refractivity contribution in [2.45, 2.75) is 31.2 Å². The highest BCUT2D eigenvalue weighted by Gasteiger charge is 2.30. The number of nitrogens with one attached hydrogen (secondary N) is 1. The van der Waals surface area contributed by atoms with Gasteiger partial charge < -0.3 is 14.5 Å². The molecule has 1 aromatic heterocycles. The zero-order valence-electron chi connectivity index (χ0n) is 19.0. The molecular formula is C24H26N4O4S2. The Morgan fingerprint density at radius 1 is 1.15 bits per heavy atom. The number of ether oxygens (including phenoxy) is 1. The lowest BCUT2D eigenvalue weighted by Gasteiger charge is -2.26. The molecule has 2 aromatic carbocycles. The van der Waals surface area contributed by atoms with Gasteiger partial charge in [-0.15, -0.1) is 11.3 Å². The Labute approximate surface area is 203 Å². The monoisotopic (exact) mass is 498 g/mol. The van der Waals surface area contributed by atoms with Crippen molar-refractivity contribution in [3.63, 3.8) is 0 Å². The van der Waals surface area contributed by atoms with E-state index in [9.17, 15) is 13.2 Å². The van der Waals surface area contributed by atoms with E-state index in [-0.39, 0.29) is 16.8 Å². The first-order valence-electron chi connectivity index (χ1n) is 11.2. The first kappa shape index (κ1) is 22.8. The van der Waals surface area contributed by atoms with Gasteiger partial charge in [-0.3, -0.25) is 9.52 Å². The summed E-state index contributed by atoms with van der Waals surface area (Å²) in [7, 11) is -3.76. The molecule has 2 aliphatic rings. The van der Waals surface area contributed by atoms with Crippen molar-refractivity contribution in [1.82, 2.24) is 4.98 Å². The number of morpholine rings is 1. The zero-order chi connectivity index (χ0) is 23.9. The molecule has 0 spiro atoms. The molecule has 1 amide bonds. The van der Waals surface area contributed by atoms with Crippen molar-refractivity contribution in [1.29, 1.82) is 0 Å². The average molecular weight is 499 g/mol. The molecule has 34 heavy (non-hydrogen) atoms. The molecule has 1 N–H and O–H groups in total. The van der Waals surface area contributed by atoms with Crippen molar-refractivity contribution in [2.24, 2.45) is 0 Å². The van der Waals surface area contributed by atoms with Gasteiger partial charge in [0.25, 0.3) is 10.0 Å². The van der Waals surface area contributed by atoms with Crippen LogP contribution < -0.4 is 14.5 Å². The van der Waals surface area contributed by atoms with Crippen molar-refractivity contribution in [3.05, 3.63) is 53.4 Å². The summed E-state index contributed by atoms with van der Waals surface area (Å²) in [5.41, 5.74) is 3.91. The molecule has 1 saturated heterocycles. The van der Waals surface area contributed by atoms with E-state index in [4.69, 9.17) is 9.72 Å². The lowest BCUT2D eigenvalue weighted by molar-refractivity contribution is -0.116. The third kappa shape index (κ3) is 4.40. The second kappa shape index (κ2) is 9.01. The molecule has 8 nitrogen and oxygen atoms in total. The number of benzene rings is 2. The van der Waals surface area contributed by atoms with Gasteiger partial charge in [-0.25, -0.2) is 13.4 Å². The van der Waals surface area contributed by atoms with Crippen LogP contribution in [0.15, 0.2) is 52.7 Å². The van der Waals surface area contributed by atoms with E-state index < -0.39 is 10.0 Å². The zero-order valence-corrected chi connectivity index (χ0v) is 20.7. The van der Waals surface area contributed by atoms with Gasteiger partial charge in [0.15, 0.2) is 5.13 Å². The third-order valence-electron chi connectivity index (χ3n) is 6.12. The highest BCUT2D eigenvalue weighted by Crippen LogP contribution is 2.34. The average Bonchev–Trinajstić information content (AvgIpc) is 3.43. The van der Waals surface area contributed by atoms with E-state index in [2.05, 4.69) is 9.62 Å². The number of nitrogens with zero attached hydrogens (tertiary/aromatic N) is 3. The Kier molecular flexibility index (Phi) is 6.05. The molecule has 3 aromatic rings. The smallest absolute Gasteiger partial charge is 0.261 e. The standard InChI is InChI=1S/C24H26N4O4S2/c1-16-13-19-14-21(7-8-23(19)28(16)17(2)29)34(30,31)26-20-5-3-18(4-6-20)22-15-33-24(25-22)27-9-11-32-12-10-27/h3-8,14-16,26H,9-13H2,1-2H3. The molecule has 10 heteroatoms.